The highest BCUT2D eigenvalue weighted by Gasteiger charge is 2.16. The van der Waals surface area contributed by atoms with Gasteiger partial charge in [-0.1, -0.05) is 30.3 Å². The van der Waals surface area contributed by atoms with Crippen LogP contribution in [0.4, 0.5) is 0 Å². The van der Waals surface area contributed by atoms with Crippen LogP contribution in [0.15, 0.2) is 34.9 Å². The van der Waals surface area contributed by atoms with E-state index in [9.17, 15) is 0 Å². The van der Waals surface area contributed by atoms with Gasteiger partial charge < -0.3 is 14.6 Å². The van der Waals surface area contributed by atoms with Gasteiger partial charge in [-0.15, -0.1) is 0 Å². The number of aromatic nitrogens is 2. The Morgan fingerprint density at radius 3 is 2.70 bits per heavy atom. The Bertz CT molecular complexity index is 513. The average molecular weight is 275 g/mol. The number of hydrogen-bond donors (Lipinski definition) is 1. The summed E-state index contributed by atoms with van der Waals surface area (Å²) in [5, 5.41) is 7.15. The number of likely N-dealkylation sites (N-methyl/N-ethyl adjacent to an activating group) is 1. The number of benzene rings is 1. The molecule has 2 unspecified atom stereocenters. The molecular weight excluding hydrogens is 254 g/mol. The smallest absolute Gasteiger partial charge is 0.232 e. The fourth-order valence-corrected chi connectivity index (χ4v) is 1.74. The molecule has 0 saturated heterocycles. The summed E-state index contributed by atoms with van der Waals surface area (Å²) < 4.78 is 11.0. The van der Waals surface area contributed by atoms with Gasteiger partial charge in [-0.25, -0.2) is 0 Å². The first-order valence-electron chi connectivity index (χ1n) is 6.86. The van der Waals surface area contributed by atoms with E-state index in [1.165, 1.54) is 0 Å². The van der Waals surface area contributed by atoms with Crippen molar-refractivity contribution in [3.63, 3.8) is 0 Å². The van der Waals surface area contributed by atoms with Crippen molar-refractivity contribution in [1.82, 2.24) is 15.5 Å². The van der Waals surface area contributed by atoms with E-state index in [4.69, 9.17) is 9.26 Å². The van der Waals surface area contributed by atoms with E-state index in [-0.39, 0.29) is 5.92 Å². The van der Waals surface area contributed by atoms with Crippen molar-refractivity contribution in [3.8, 4) is 5.75 Å². The van der Waals surface area contributed by atoms with E-state index in [0.29, 0.717) is 18.5 Å². The van der Waals surface area contributed by atoms with Crippen LogP contribution in [0.3, 0.4) is 0 Å². The van der Waals surface area contributed by atoms with Crippen molar-refractivity contribution in [3.05, 3.63) is 42.0 Å². The molecule has 0 aliphatic heterocycles. The number of ether oxygens (including phenoxy) is 1. The topological polar surface area (TPSA) is 60.2 Å². The van der Waals surface area contributed by atoms with Gasteiger partial charge in [0.1, 0.15) is 5.75 Å². The molecule has 0 saturated carbocycles. The lowest BCUT2D eigenvalue weighted by molar-refractivity contribution is 0.260. The predicted octanol–water partition coefficient (Wildman–Crippen LogP) is 2.40. The first-order valence-corrected chi connectivity index (χ1v) is 6.86. The van der Waals surface area contributed by atoms with Crippen LogP contribution in [0.5, 0.6) is 5.75 Å². The molecule has 1 aromatic heterocycles. The summed E-state index contributed by atoms with van der Waals surface area (Å²) in [5.74, 6) is 2.27. The highest BCUT2D eigenvalue weighted by atomic mass is 16.5. The Kier molecular flexibility index (Phi) is 5.12. The molecule has 0 aliphatic rings. The fourth-order valence-electron chi connectivity index (χ4n) is 1.74. The molecule has 1 N–H and O–H groups in total. The van der Waals surface area contributed by atoms with Gasteiger partial charge in [-0.3, -0.25) is 0 Å². The predicted molar refractivity (Wildman–Crippen MR) is 76.9 cm³/mol. The molecule has 0 spiro atoms. The van der Waals surface area contributed by atoms with Crippen LogP contribution in [-0.2, 0) is 6.42 Å². The number of para-hydroxylation sites is 1. The van der Waals surface area contributed by atoms with Gasteiger partial charge in [-0.2, -0.15) is 4.98 Å². The van der Waals surface area contributed by atoms with E-state index < -0.39 is 0 Å². The average Bonchev–Trinajstić information content (AvgIpc) is 2.94. The molecule has 2 rings (SSSR count). The van der Waals surface area contributed by atoms with Crippen molar-refractivity contribution in [2.45, 2.75) is 32.2 Å². The first-order chi connectivity index (χ1) is 9.69. The van der Waals surface area contributed by atoms with Gasteiger partial charge in [0.05, 0.1) is 12.5 Å². The zero-order valence-corrected chi connectivity index (χ0v) is 12.2. The van der Waals surface area contributed by atoms with E-state index in [0.717, 1.165) is 18.0 Å². The second-order valence-corrected chi connectivity index (χ2v) is 4.97. The molecule has 2 atom stereocenters. The summed E-state index contributed by atoms with van der Waals surface area (Å²) in [7, 11) is 1.92. The Labute approximate surface area is 119 Å². The SMILES string of the molecule is CNC(C)Cc1noc(C(C)COc2ccccc2)n1. The van der Waals surface area contributed by atoms with Crippen LogP contribution in [0.25, 0.3) is 0 Å². The monoisotopic (exact) mass is 275 g/mol. The van der Waals surface area contributed by atoms with Gasteiger partial charge in [0.2, 0.25) is 5.89 Å². The van der Waals surface area contributed by atoms with Crippen LogP contribution >= 0.6 is 0 Å². The minimum atomic E-state index is 0.0707. The maximum Gasteiger partial charge on any atom is 0.232 e. The number of nitrogens with one attached hydrogen (secondary N) is 1. The number of nitrogens with zero attached hydrogens (tertiary/aromatic N) is 2. The summed E-state index contributed by atoms with van der Waals surface area (Å²) in [6.07, 6.45) is 0.756. The standard InChI is InChI=1S/C15H21N3O2/c1-11(10-19-13-7-5-4-6-8-13)15-17-14(18-20-15)9-12(2)16-3/h4-8,11-12,16H,9-10H2,1-3H3. The maximum atomic E-state index is 5.69. The first kappa shape index (κ1) is 14.5. The lowest BCUT2D eigenvalue weighted by Crippen LogP contribution is -2.24. The summed E-state index contributed by atoms with van der Waals surface area (Å²) >= 11 is 0. The summed E-state index contributed by atoms with van der Waals surface area (Å²) in [6, 6.07) is 10.1. The molecule has 0 aliphatic carbocycles. The molecule has 5 nitrogen and oxygen atoms in total. The van der Waals surface area contributed by atoms with Gasteiger partial charge in [0, 0.05) is 12.5 Å². The highest BCUT2D eigenvalue weighted by Crippen LogP contribution is 2.16. The van der Waals surface area contributed by atoms with Crippen molar-refractivity contribution in [2.24, 2.45) is 0 Å². The molecule has 1 heterocycles. The van der Waals surface area contributed by atoms with Crippen molar-refractivity contribution >= 4 is 0 Å². The summed E-state index contributed by atoms with van der Waals surface area (Å²) in [6.45, 7) is 4.62. The molecule has 2 aromatic rings. The largest absolute Gasteiger partial charge is 0.493 e. The maximum absolute atomic E-state index is 5.69. The van der Waals surface area contributed by atoms with Crippen molar-refractivity contribution in [2.75, 3.05) is 13.7 Å². The Morgan fingerprint density at radius 1 is 1.25 bits per heavy atom. The Hall–Kier alpha value is -1.88. The second kappa shape index (κ2) is 7.05. The minimum Gasteiger partial charge on any atom is -0.493 e. The third kappa shape index (κ3) is 4.06. The molecule has 1 aromatic carbocycles. The van der Waals surface area contributed by atoms with Crippen LogP contribution in [0.1, 0.15) is 31.5 Å². The lowest BCUT2D eigenvalue weighted by Gasteiger charge is -2.09. The van der Waals surface area contributed by atoms with E-state index in [1.54, 1.807) is 0 Å². The third-order valence-corrected chi connectivity index (χ3v) is 3.13. The van der Waals surface area contributed by atoms with Gasteiger partial charge in [-0.05, 0) is 26.1 Å². The van der Waals surface area contributed by atoms with Crippen molar-refractivity contribution in [1.29, 1.82) is 0 Å². The molecule has 5 heteroatoms. The quantitative estimate of drug-likeness (QED) is 0.840. The summed E-state index contributed by atoms with van der Waals surface area (Å²) in [4.78, 5) is 4.41. The molecule has 0 bridgehead atoms. The van der Waals surface area contributed by atoms with Crippen LogP contribution < -0.4 is 10.1 Å². The van der Waals surface area contributed by atoms with E-state index in [1.807, 2.05) is 44.3 Å². The molecule has 108 valence electrons. The van der Waals surface area contributed by atoms with Gasteiger partial charge in [0.15, 0.2) is 5.82 Å². The molecule has 0 fully saturated rings. The van der Waals surface area contributed by atoms with Gasteiger partial charge in [0.25, 0.3) is 0 Å². The number of rotatable bonds is 7. The minimum absolute atomic E-state index is 0.0707. The summed E-state index contributed by atoms with van der Waals surface area (Å²) in [5.41, 5.74) is 0. The highest BCUT2D eigenvalue weighted by molar-refractivity contribution is 5.21. The van der Waals surface area contributed by atoms with Crippen molar-refractivity contribution < 1.29 is 9.26 Å². The normalized spacial score (nSPS) is 13.9. The molecule has 0 radical (unpaired) electrons. The van der Waals surface area contributed by atoms with Crippen LogP contribution in [-0.4, -0.2) is 29.8 Å². The Balaban J connectivity index is 1.88. The molecule has 20 heavy (non-hydrogen) atoms. The Morgan fingerprint density at radius 2 is 2.00 bits per heavy atom. The molecular formula is C15H21N3O2. The zero-order valence-electron chi connectivity index (χ0n) is 12.2. The zero-order chi connectivity index (χ0) is 14.4. The van der Waals surface area contributed by atoms with Gasteiger partial charge >= 0.3 is 0 Å². The van der Waals surface area contributed by atoms with Crippen LogP contribution in [0.2, 0.25) is 0 Å². The van der Waals surface area contributed by atoms with E-state index in [2.05, 4.69) is 22.4 Å². The van der Waals surface area contributed by atoms with Crippen LogP contribution in [0, 0.1) is 0 Å². The number of hydrogen-bond acceptors (Lipinski definition) is 5. The van der Waals surface area contributed by atoms with E-state index >= 15 is 0 Å². The second-order valence-electron chi connectivity index (χ2n) is 4.97. The third-order valence-electron chi connectivity index (χ3n) is 3.13. The molecule has 0 amide bonds. The lowest BCUT2D eigenvalue weighted by atomic mass is 10.2. The fraction of sp³-hybridized carbons (Fsp3) is 0.467.